The minimum absolute atomic E-state index is 0.340. The van der Waals surface area contributed by atoms with Crippen LogP contribution in [0.25, 0.3) is 5.57 Å². The van der Waals surface area contributed by atoms with Crippen molar-refractivity contribution in [3.8, 4) is 5.75 Å². The van der Waals surface area contributed by atoms with Gasteiger partial charge in [0.2, 0.25) is 0 Å². The highest BCUT2D eigenvalue weighted by molar-refractivity contribution is 5.71. The average Bonchev–Trinajstić information content (AvgIpc) is 2.61. The molecule has 24 heavy (non-hydrogen) atoms. The molecule has 0 bridgehead atoms. The fourth-order valence-corrected chi connectivity index (χ4v) is 2.90. The molecule has 2 aromatic rings. The molecule has 2 aromatic carbocycles. The van der Waals surface area contributed by atoms with Crippen LogP contribution >= 0.6 is 0 Å². The third kappa shape index (κ3) is 3.99. The lowest BCUT2D eigenvalue weighted by Crippen LogP contribution is -2.07. The van der Waals surface area contributed by atoms with Gasteiger partial charge in [0.1, 0.15) is 12.4 Å². The molecule has 0 radical (unpaired) electrons. The van der Waals surface area contributed by atoms with E-state index in [9.17, 15) is 13.2 Å². The third-order valence-corrected chi connectivity index (χ3v) is 4.18. The summed E-state index contributed by atoms with van der Waals surface area (Å²) < 4.78 is 45.0. The van der Waals surface area contributed by atoms with Crippen LogP contribution in [0.4, 0.5) is 13.2 Å². The molecule has 0 fully saturated rings. The number of alkyl halides is 3. The Morgan fingerprint density at radius 3 is 2.42 bits per heavy atom. The molecule has 1 nitrogen and oxygen atoms in total. The smallest absolute Gasteiger partial charge is 0.416 e. The van der Waals surface area contributed by atoms with Crippen LogP contribution in [0, 0.1) is 0 Å². The van der Waals surface area contributed by atoms with Crippen LogP contribution in [0.2, 0.25) is 0 Å². The second-order valence-electron chi connectivity index (χ2n) is 5.96. The fourth-order valence-electron chi connectivity index (χ4n) is 2.90. The summed E-state index contributed by atoms with van der Waals surface area (Å²) in [5.74, 6) is 0.514. The van der Waals surface area contributed by atoms with Gasteiger partial charge in [0.25, 0.3) is 0 Å². The van der Waals surface area contributed by atoms with Gasteiger partial charge in [0, 0.05) is 5.56 Å². The molecule has 0 amide bonds. The molecule has 0 aromatic heterocycles. The van der Waals surface area contributed by atoms with Gasteiger partial charge >= 0.3 is 6.18 Å². The van der Waals surface area contributed by atoms with E-state index in [1.807, 2.05) is 36.4 Å². The Bertz CT molecular complexity index is 717. The molecule has 0 heterocycles. The predicted octanol–water partition coefficient (Wildman–Crippen LogP) is 6.24. The molecule has 0 unspecified atom stereocenters. The second-order valence-corrected chi connectivity index (χ2v) is 5.96. The van der Waals surface area contributed by atoms with Crippen molar-refractivity contribution >= 4 is 5.57 Å². The molecular formula is C20H19F3O. The number of rotatable bonds is 4. The third-order valence-electron chi connectivity index (χ3n) is 4.18. The Morgan fingerprint density at radius 1 is 0.958 bits per heavy atom. The molecule has 3 rings (SSSR count). The Kier molecular flexibility index (Phi) is 4.93. The summed E-state index contributed by atoms with van der Waals surface area (Å²) in [5.41, 5.74) is 1.88. The van der Waals surface area contributed by atoms with E-state index in [0.717, 1.165) is 42.9 Å². The first kappa shape index (κ1) is 16.6. The van der Waals surface area contributed by atoms with Gasteiger partial charge in [-0.05, 0) is 55.0 Å². The summed E-state index contributed by atoms with van der Waals surface area (Å²) in [4.78, 5) is 0. The zero-order valence-electron chi connectivity index (χ0n) is 13.3. The van der Waals surface area contributed by atoms with Crippen molar-refractivity contribution in [2.45, 2.75) is 38.5 Å². The van der Waals surface area contributed by atoms with Crippen LogP contribution in [0.3, 0.4) is 0 Å². The summed E-state index contributed by atoms with van der Waals surface area (Å²) in [6.07, 6.45) is 1.48. The fraction of sp³-hybridized carbons (Fsp3) is 0.300. The number of allylic oxidation sites excluding steroid dienone is 2. The number of hydrogen-bond acceptors (Lipinski definition) is 1. The number of hydrogen-bond donors (Lipinski definition) is 0. The lowest BCUT2D eigenvalue weighted by molar-refractivity contribution is -0.137. The molecular weight excluding hydrogens is 313 g/mol. The van der Waals surface area contributed by atoms with E-state index in [1.54, 1.807) is 0 Å². The highest BCUT2D eigenvalue weighted by Gasteiger charge is 2.31. The van der Waals surface area contributed by atoms with Crippen LogP contribution in [0.1, 0.15) is 42.4 Å². The Labute approximate surface area is 139 Å². The van der Waals surface area contributed by atoms with Gasteiger partial charge in [0.05, 0.1) is 5.56 Å². The van der Waals surface area contributed by atoms with Crippen molar-refractivity contribution in [1.82, 2.24) is 0 Å². The molecule has 0 atom stereocenters. The van der Waals surface area contributed by atoms with E-state index in [-0.39, 0.29) is 0 Å². The van der Waals surface area contributed by atoms with E-state index in [1.165, 1.54) is 12.1 Å². The topological polar surface area (TPSA) is 9.23 Å². The van der Waals surface area contributed by atoms with E-state index < -0.39 is 11.7 Å². The van der Waals surface area contributed by atoms with Gasteiger partial charge < -0.3 is 4.74 Å². The maximum atomic E-state index is 13.1. The number of halogens is 3. The Hall–Kier alpha value is -2.23. The summed E-state index contributed by atoms with van der Waals surface area (Å²) in [7, 11) is 0. The molecule has 0 saturated heterocycles. The van der Waals surface area contributed by atoms with Crippen LogP contribution in [0.15, 0.2) is 54.6 Å². The van der Waals surface area contributed by atoms with Crippen LogP contribution in [-0.4, -0.2) is 0 Å². The zero-order valence-corrected chi connectivity index (χ0v) is 13.3. The van der Waals surface area contributed by atoms with E-state index in [4.69, 9.17) is 4.74 Å². The lowest BCUT2D eigenvalue weighted by atomic mass is 9.92. The van der Waals surface area contributed by atoms with Crippen molar-refractivity contribution in [3.63, 3.8) is 0 Å². The first-order chi connectivity index (χ1) is 11.5. The highest BCUT2D eigenvalue weighted by Crippen LogP contribution is 2.38. The summed E-state index contributed by atoms with van der Waals surface area (Å²) >= 11 is 0. The summed E-state index contributed by atoms with van der Waals surface area (Å²) in [6.45, 7) is 0.340. The van der Waals surface area contributed by atoms with Crippen molar-refractivity contribution < 1.29 is 17.9 Å². The minimum Gasteiger partial charge on any atom is -0.488 e. The van der Waals surface area contributed by atoms with Crippen LogP contribution < -0.4 is 4.74 Å². The second kappa shape index (κ2) is 7.12. The standard InChI is InChI=1S/C20H19F3O/c21-20(22,23)17-11-12-19(24-14-15-7-3-1-4-8-15)18(13-17)16-9-5-2-6-10-16/h1,3-4,7-9,11-13H,2,5-6,10,14H2. The molecule has 1 aliphatic rings. The normalized spacial score (nSPS) is 15.0. The van der Waals surface area contributed by atoms with Crippen molar-refractivity contribution in [1.29, 1.82) is 0 Å². The molecule has 126 valence electrons. The van der Waals surface area contributed by atoms with Gasteiger partial charge in [-0.25, -0.2) is 0 Å². The predicted molar refractivity (Wildman–Crippen MR) is 88.7 cm³/mol. The lowest BCUT2D eigenvalue weighted by Gasteiger charge is -2.19. The SMILES string of the molecule is FC(F)(F)c1ccc(OCc2ccccc2)c(C2=CCCCC2)c1. The van der Waals surface area contributed by atoms with Crippen molar-refractivity contribution in [2.75, 3.05) is 0 Å². The zero-order chi connectivity index (χ0) is 17.0. The highest BCUT2D eigenvalue weighted by atomic mass is 19.4. The van der Waals surface area contributed by atoms with Gasteiger partial charge in [0.15, 0.2) is 0 Å². The first-order valence-corrected chi connectivity index (χ1v) is 8.11. The van der Waals surface area contributed by atoms with Crippen LogP contribution in [-0.2, 0) is 12.8 Å². The van der Waals surface area contributed by atoms with Crippen molar-refractivity contribution in [3.05, 3.63) is 71.3 Å². The first-order valence-electron chi connectivity index (χ1n) is 8.11. The largest absolute Gasteiger partial charge is 0.488 e. The van der Waals surface area contributed by atoms with Crippen molar-refractivity contribution in [2.24, 2.45) is 0 Å². The summed E-state index contributed by atoms with van der Waals surface area (Å²) in [6, 6.07) is 13.4. The van der Waals surface area contributed by atoms with E-state index >= 15 is 0 Å². The number of ether oxygens (including phenoxy) is 1. The average molecular weight is 332 g/mol. The van der Waals surface area contributed by atoms with Gasteiger partial charge in [-0.2, -0.15) is 13.2 Å². The monoisotopic (exact) mass is 332 g/mol. The summed E-state index contributed by atoms with van der Waals surface area (Å²) in [5, 5.41) is 0. The number of benzene rings is 2. The molecule has 0 spiro atoms. The molecule has 4 heteroatoms. The molecule has 0 N–H and O–H groups in total. The Morgan fingerprint density at radius 2 is 1.75 bits per heavy atom. The maximum absolute atomic E-state index is 13.1. The van der Waals surface area contributed by atoms with Crippen LogP contribution in [0.5, 0.6) is 5.75 Å². The minimum atomic E-state index is -4.35. The molecule has 0 aliphatic heterocycles. The van der Waals surface area contributed by atoms with Gasteiger partial charge in [-0.1, -0.05) is 36.4 Å². The molecule has 0 saturated carbocycles. The van der Waals surface area contributed by atoms with Gasteiger partial charge in [-0.15, -0.1) is 0 Å². The quantitative estimate of drug-likeness (QED) is 0.644. The van der Waals surface area contributed by atoms with E-state index in [0.29, 0.717) is 17.9 Å². The van der Waals surface area contributed by atoms with E-state index in [2.05, 4.69) is 0 Å². The maximum Gasteiger partial charge on any atom is 0.416 e. The Balaban J connectivity index is 1.90. The van der Waals surface area contributed by atoms with Gasteiger partial charge in [-0.3, -0.25) is 0 Å². The molecule has 1 aliphatic carbocycles.